The molecule has 2 saturated heterocycles. The van der Waals surface area contributed by atoms with E-state index in [0.29, 0.717) is 25.6 Å². The van der Waals surface area contributed by atoms with Crippen LogP contribution < -0.4 is 4.90 Å². The SMILES string of the molecule is Cc1cc(N(C)C)cc([C@@H]2CN(C(=O)C3CCN(C)CC3)CCO2)n1. The minimum absolute atomic E-state index is 0.137. The topological polar surface area (TPSA) is 48.9 Å². The van der Waals surface area contributed by atoms with Crippen LogP contribution in [0.4, 0.5) is 5.69 Å². The van der Waals surface area contributed by atoms with Crippen LogP contribution in [0.2, 0.25) is 0 Å². The second-order valence-electron chi connectivity index (χ2n) is 7.51. The van der Waals surface area contributed by atoms with Crippen molar-refractivity contribution in [2.75, 3.05) is 58.8 Å². The standard InChI is InChI=1S/C19H30N4O2/c1-14-11-16(21(2)3)12-17(20-14)18-13-23(9-10-25-18)19(24)15-5-7-22(4)8-6-15/h11-12,15,18H,5-10,13H2,1-4H3/t18-/m0/s1. The number of hydrogen-bond acceptors (Lipinski definition) is 5. The molecule has 0 spiro atoms. The molecule has 6 heteroatoms. The van der Waals surface area contributed by atoms with Gasteiger partial charge in [-0.05, 0) is 52.0 Å². The molecule has 1 atom stereocenters. The fraction of sp³-hybridized carbons (Fsp3) is 0.684. The summed E-state index contributed by atoms with van der Waals surface area (Å²) in [6, 6.07) is 4.13. The number of carbonyl (C=O) groups is 1. The van der Waals surface area contributed by atoms with E-state index in [1.807, 2.05) is 25.9 Å². The summed E-state index contributed by atoms with van der Waals surface area (Å²) in [4.78, 5) is 23.9. The summed E-state index contributed by atoms with van der Waals surface area (Å²) in [5, 5.41) is 0. The summed E-state index contributed by atoms with van der Waals surface area (Å²) in [5.41, 5.74) is 3.01. The van der Waals surface area contributed by atoms with Crippen molar-refractivity contribution in [3.8, 4) is 0 Å². The normalized spacial score (nSPS) is 22.9. The predicted molar refractivity (Wildman–Crippen MR) is 98.8 cm³/mol. The summed E-state index contributed by atoms with van der Waals surface area (Å²) >= 11 is 0. The molecular weight excluding hydrogens is 316 g/mol. The lowest BCUT2D eigenvalue weighted by atomic mass is 9.95. The van der Waals surface area contributed by atoms with Crippen molar-refractivity contribution >= 4 is 11.6 Å². The molecule has 0 radical (unpaired) electrons. The van der Waals surface area contributed by atoms with Crippen LogP contribution in [0.5, 0.6) is 0 Å². The Morgan fingerprint density at radius 2 is 1.96 bits per heavy atom. The van der Waals surface area contributed by atoms with Crippen molar-refractivity contribution < 1.29 is 9.53 Å². The maximum atomic E-state index is 12.9. The third-order valence-corrected chi connectivity index (χ3v) is 5.25. The van der Waals surface area contributed by atoms with E-state index >= 15 is 0 Å². The number of hydrogen-bond donors (Lipinski definition) is 0. The van der Waals surface area contributed by atoms with Gasteiger partial charge in [-0.15, -0.1) is 0 Å². The summed E-state index contributed by atoms with van der Waals surface area (Å²) in [6.07, 6.45) is 1.79. The molecule has 0 aromatic carbocycles. The molecule has 138 valence electrons. The van der Waals surface area contributed by atoms with Crippen molar-refractivity contribution in [3.63, 3.8) is 0 Å². The second kappa shape index (κ2) is 7.70. The minimum Gasteiger partial charge on any atom is -0.378 e. The molecule has 0 aliphatic carbocycles. The molecular formula is C19H30N4O2. The predicted octanol–water partition coefficient (Wildman–Crippen LogP) is 1.70. The number of pyridine rings is 1. The second-order valence-corrected chi connectivity index (χ2v) is 7.51. The Morgan fingerprint density at radius 3 is 2.64 bits per heavy atom. The largest absolute Gasteiger partial charge is 0.378 e. The average molecular weight is 346 g/mol. The van der Waals surface area contributed by atoms with Crippen LogP contribution in [0.1, 0.15) is 30.3 Å². The Bertz CT molecular complexity index is 611. The van der Waals surface area contributed by atoms with E-state index in [1.54, 1.807) is 0 Å². The van der Waals surface area contributed by atoms with Crippen molar-refractivity contribution in [1.82, 2.24) is 14.8 Å². The number of likely N-dealkylation sites (tertiary alicyclic amines) is 1. The third kappa shape index (κ3) is 4.30. The number of morpholine rings is 1. The number of ether oxygens (including phenoxy) is 1. The van der Waals surface area contributed by atoms with Gasteiger partial charge in [0.05, 0.1) is 18.8 Å². The van der Waals surface area contributed by atoms with Crippen molar-refractivity contribution in [2.24, 2.45) is 5.92 Å². The van der Waals surface area contributed by atoms with E-state index in [0.717, 1.165) is 43.0 Å². The van der Waals surface area contributed by atoms with Gasteiger partial charge in [-0.2, -0.15) is 0 Å². The number of anilines is 1. The zero-order valence-corrected chi connectivity index (χ0v) is 15.9. The Kier molecular flexibility index (Phi) is 5.59. The Balaban J connectivity index is 1.70. The fourth-order valence-corrected chi connectivity index (χ4v) is 3.64. The number of carbonyl (C=O) groups excluding carboxylic acids is 1. The zero-order chi connectivity index (χ0) is 18.0. The Morgan fingerprint density at radius 1 is 1.24 bits per heavy atom. The molecule has 1 amide bonds. The van der Waals surface area contributed by atoms with Gasteiger partial charge in [0.1, 0.15) is 6.10 Å². The number of nitrogens with zero attached hydrogens (tertiary/aromatic N) is 4. The molecule has 1 aromatic rings. The highest BCUT2D eigenvalue weighted by molar-refractivity contribution is 5.79. The highest BCUT2D eigenvalue weighted by Gasteiger charge is 2.32. The van der Waals surface area contributed by atoms with Gasteiger partial charge in [0.25, 0.3) is 0 Å². The molecule has 1 aromatic heterocycles. The number of aryl methyl sites for hydroxylation is 1. The molecule has 3 rings (SSSR count). The van der Waals surface area contributed by atoms with Crippen molar-refractivity contribution in [1.29, 1.82) is 0 Å². The minimum atomic E-state index is -0.137. The number of amides is 1. The average Bonchev–Trinajstić information content (AvgIpc) is 2.61. The smallest absolute Gasteiger partial charge is 0.225 e. The van der Waals surface area contributed by atoms with Crippen molar-refractivity contribution in [2.45, 2.75) is 25.9 Å². The molecule has 6 nitrogen and oxygen atoms in total. The van der Waals surface area contributed by atoms with Crippen LogP contribution in [0, 0.1) is 12.8 Å². The molecule has 0 unspecified atom stereocenters. The third-order valence-electron chi connectivity index (χ3n) is 5.25. The van der Waals surface area contributed by atoms with Gasteiger partial charge in [-0.3, -0.25) is 9.78 Å². The highest BCUT2D eigenvalue weighted by atomic mass is 16.5. The van der Waals surface area contributed by atoms with E-state index in [2.05, 4.69) is 34.0 Å². The van der Waals surface area contributed by atoms with Gasteiger partial charge in [0.15, 0.2) is 0 Å². The van der Waals surface area contributed by atoms with Gasteiger partial charge in [0, 0.05) is 37.9 Å². The van der Waals surface area contributed by atoms with Gasteiger partial charge < -0.3 is 19.4 Å². The first-order valence-electron chi connectivity index (χ1n) is 9.19. The van der Waals surface area contributed by atoms with E-state index in [1.165, 1.54) is 0 Å². The van der Waals surface area contributed by atoms with Crippen LogP contribution in [0.3, 0.4) is 0 Å². The quantitative estimate of drug-likeness (QED) is 0.834. The molecule has 0 bridgehead atoms. The molecule has 2 fully saturated rings. The summed E-state index contributed by atoms with van der Waals surface area (Å²) in [7, 11) is 6.17. The summed E-state index contributed by atoms with van der Waals surface area (Å²) in [5.74, 6) is 0.458. The van der Waals surface area contributed by atoms with Crippen molar-refractivity contribution in [3.05, 3.63) is 23.5 Å². The van der Waals surface area contributed by atoms with E-state index in [4.69, 9.17) is 4.74 Å². The van der Waals surface area contributed by atoms with Crippen LogP contribution in [0.15, 0.2) is 12.1 Å². The van der Waals surface area contributed by atoms with Gasteiger partial charge in [0.2, 0.25) is 5.91 Å². The van der Waals surface area contributed by atoms with Crippen LogP contribution in [-0.4, -0.2) is 74.6 Å². The first kappa shape index (κ1) is 18.1. The van der Waals surface area contributed by atoms with E-state index in [9.17, 15) is 4.79 Å². The van der Waals surface area contributed by atoms with Crippen LogP contribution >= 0.6 is 0 Å². The molecule has 0 saturated carbocycles. The molecule has 0 N–H and O–H groups in total. The lowest BCUT2D eigenvalue weighted by Crippen LogP contribution is -2.47. The number of aromatic nitrogens is 1. The van der Waals surface area contributed by atoms with Gasteiger partial charge >= 0.3 is 0 Å². The molecule has 2 aliphatic rings. The fourth-order valence-electron chi connectivity index (χ4n) is 3.64. The monoisotopic (exact) mass is 346 g/mol. The van der Waals surface area contributed by atoms with Gasteiger partial charge in [-0.1, -0.05) is 0 Å². The van der Waals surface area contributed by atoms with Gasteiger partial charge in [-0.25, -0.2) is 0 Å². The van der Waals surface area contributed by atoms with E-state index < -0.39 is 0 Å². The lowest BCUT2D eigenvalue weighted by Gasteiger charge is -2.37. The summed E-state index contributed by atoms with van der Waals surface area (Å²) in [6.45, 7) is 5.89. The maximum absolute atomic E-state index is 12.9. The van der Waals surface area contributed by atoms with Crippen LogP contribution in [0.25, 0.3) is 0 Å². The number of rotatable bonds is 3. The molecule has 25 heavy (non-hydrogen) atoms. The van der Waals surface area contributed by atoms with Crippen LogP contribution in [-0.2, 0) is 9.53 Å². The Labute approximate surface area is 150 Å². The Hall–Kier alpha value is -1.66. The molecule has 2 aliphatic heterocycles. The summed E-state index contributed by atoms with van der Waals surface area (Å²) < 4.78 is 5.96. The van der Waals surface area contributed by atoms with E-state index in [-0.39, 0.29) is 12.0 Å². The zero-order valence-electron chi connectivity index (χ0n) is 15.9. The maximum Gasteiger partial charge on any atom is 0.225 e. The first-order chi connectivity index (χ1) is 11.9. The number of piperidine rings is 1. The first-order valence-corrected chi connectivity index (χ1v) is 9.19. The molecule has 3 heterocycles. The lowest BCUT2D eigenvalue weighted by molar-refractivity contribution is -0.144. The highest BCUT2D eigenvalue weighted by Crippen LogP contribution is 2.27.